The summed E-state index contributed by atoms with van der Waals surface area (Å²) in [6.07, 6.45) is 1.12. The molecule has 0 N–H and O–H groups in total. The van der Waals surface area contributed by atoms with Crippen molar-refractivity contribution in [3.8, 4) is 0 Å². The van der Waals surface area contributed by atoms with Gasteiger partial charge in [-0.1, -0.05) is 37.6 Å². The zero-order valence-electron chi connectivity index (χ0n) is 13.2. The van der Waals surface area contributed by atoms with Gasteiger partial charge in [0.05, 0.1) is 0 Å². The monoisotopic (exact) mass is 308 g/mol. The normalized spacial score (nSPS) is 20.0. The summed E-state index contributed by atoms with van der Waals surface area (Å²) in [6, 6.07) is 8.49. The molecule has 0 aromatic heterocycles. The van der Waals surface area contributed by atoms with E-state index in [1.165, 1.54) is 5.56 Å². The second kappa shape index (κ2) is 7.28. The number of nitrogens with zero attached hydrogens (tertiary/aromatic N) is 2. The molecule has 21 heavy (non-hydrogen) atoms. The van der Waals surface area contributed by atoms with E-state index in [1.54, 1.807) is 6.92 Å². The average Bonchev–Trinajstić information content (AvgIpc) is 2.40. The third-order valence-corrected chi connectivity index (χ3v) is 4.30. The summed E-state index contributed by atoms with van der Waals surface area (Å²) in [5.41, 5.74) is 1.24. The van der Waals surface area contributed by atoms with Gasteiger partial charge >= 0.3 is 0 Å². The number of carbonyl (C=O) groups is 1. The predicted molar refractivity (Wildman–Crippen MR) is 87.4 cm³/mol. The number of carbonyl (C=O) groups excluding carboxylic acids is 1. The first-order chi connectivity index (χ1) is 9.95. The molecule has 3 nitrogen and oxygen atoms in total. The topological polar surface area (TPSA) is 23.6 Å². The highest BCUT2D eigenvalue weighted by Gasteiger charge is 2.28. The molecule has 1 aliphatic heterocycles. The Morgan fingerprint density at radius 1 is 1.38 bits per heavy atom. The quantitative estimate of drug-likeness (QED) is 0.851. The van der Waals surface area contributed by atoms with Crippen LogP contribution in [0.4, 0.5) is 0 Å². The number of benzene rings is 1. The third kappa shape index (κ3) is 4.72. The number of hydrogen-bond acceptors (Lipinski definition) is 2. The number of piperazine rings is 1. The van der Waals surface area contributed by atoms with Crippen LogP contribution in [-0.2, 0) is 11.3 Å². The Kier molecular flexibility index (Phi) is 5.65. The van der Waals surface area contributed by atoms with Gasteiger partial charge in [0.2, 0.25) is 5.91 Å². The second-order valence-corrected chi connectivity index (χ2v) is 6.79. The van der Waals surface area contributed by atoms with Crippen LogP contribution in [0.25, 0.3) is 0 Å². The maximum Gasteiger partial charge on any atom is 0.219 e. The maximum atomic E-state index is 11.6. The highest BCUT2D eigenvalue weighted by Crippen LogP contribution is 2.21. The van der Waals surface area contributed by atoms with E-state index in [4.69, 9.17) is 11.6 Å². The fourth-order valence-electron chi connectivity index (χ4n) is 3.02. The van der Waals surface area contributed by atoms with Crippen molar-refractivity contribution in [3.63, 3.8) is 0 Å². The number of hydrogen-bond donors (Lipinski definition) is 0. The fraction of sp³-hybridized carbons (Fsp3) is 0.588. The smallest absolute Gasteiger partial charge is 0.219 e. The lowest BCUT2D eigenvalue weighted by Gasteiger charge is -2.42. The van der Waals surface area contributed by atoms with Crippen LogP contribution < -0.4 is 0 Å². The minimum Gasteiger partial charge on any atom is -0.340 e. The highest BCUT2D eigenvalue weighted by atomic mass is 35.5. The minimum absolute atomic E-state index is 0.186. The van der Waals surface area contributed by atoms with Gasteiger partial charge < -0.3 is 4.90 Å². The standard InChI is InChI=1S/C17H25ClN2O/c1-13(2)9-17-12-19(14(3)21)7-8-20(17)11-15-5-4-6-16(18)10-15/h4-6,10,13,17H,7-9,11-12H2,1-3H3/t17-/m1/s1. The molecular weight excluding hydrogens is 284 g/mol. The lowest BCUT2D eigenvalue weighted by molar-refractivity contribution is -0.132. The van der Waals surface area contributed by atoms with Crippen LogP contribution in [0.3, 0.4) is 0 Å². The maximum absolute atomic E-state index is 11.6. The molecule has 1 fully saturated rings. The van der Waals surface area contributed by atoms with E-state index >= 15 is 0 Å². The molecule has 2 rings (SSSR count). The molecule has 1 saturated heterocycles. The van der Waals surface area contributed by atoms with Gasteiger partial charge in [0.15, 0.2) is 0 Å². The van der Waals surface area contributed by atoms with Crippen molar-refractivity contribution in [2.24, 2.45) is 5.92 Å². The Balaban J connectivity index is 2.07. The molecule has 1 amide bonds. The molecule has 0 bridgehead atoms. The van der Waals surface area contributed by atoms with Crippen molar-refractivity contribution in [1.82, 2.24) is 9.80 Å². The molecule has 4 heteroatoms. The van der Waals surface area contributed by atoms with Gasteiger partial charge in [-0.05, 0) is 30.0 Å². The molecular formula is C17H25ClN2O. The second-order valence-electron chi connectivity index (χ2n) is 6.35. The van der Waals surface area contributed by atoms with E-state index in [0.29, 0.717) is 12.0 Å². The molecule has 1 aromatic rings. The largest absolute Gasteiger partial charge is 0.340 e. The number of rotatable bonds is 4. The zero-order chi connectivity index (χ0) is 15.4. The van der Waals surface area contributed by atoms with Gasteiger partial charge in [-0.3, -0.25) is 9.69 Å². The summed E-state index contributed by atoms with van der Waals surface area (Å²) >= 11 is 6.08. The molecule has 0 saturated carbocycles. The van der Waals surface area contributed by atoms with Gasteiger partial charge in [0.1, 0.15) is 0 Å². The molecule has 1 aliphatic rings. The lowest BCUT2D eigenvalue weighted by atomic mass is 9.99. The minimum atomic E-state index is 0.186. The number of halogens is 1. The highest BCUT2D eigenvalue weighted by molar-refractivity contribution is 6.30. The van der Waals surface area contributed by atoms with Crippen LogP contribution in [-0.4, -0.2) is 41.4 Å². The van der Waals surface area contributed by atoms with E-state index in [2.05, 4.69) is 24.8 Å². The molecule has 0 spiro atoms. The summed E-state index contributed by atoms with van der Waals surface area (Å²) in [5, 5.41) is 0.787. The summed E-state index contributed by atoms with van der Waals surface area (Å²) in [4.78, 5) is 16.1. The van der Waals surface area contributed by atoms with Gasteiger partial charge in [-0.2, -0.15) is 0 Å². The predicted octanol–water partition coefficient (Wildman–Crippen LogP) is 3.42. The zero-order valence-corrected chi connectivity index (χ0v) is 13.9. The summed E-state index contributed by atoms with van der Waals surface area (Å²) < 4.78 is 0. The van der Waals surface area contributed by atoms with Crippen molar-refractivity contribution >= 4 is 17.5 Å². The fourth-order valence-corrected chi connectivity index (χ4v) is 3.24. The summed E-state index contributed by atoms with van der Waals surface area (Å²) in [5.74, 6) is 0.815. The first kappa shape index (κ1) is 16.3. The Hall–Kier alpha value is -1.06. The van der Waals surface area contributed by atoms with Crippen LogP contribution in [0.2, 0.25) is 5.02 Å². The van der Waals surface area contributed by atoms with Crippen molar-refractivity contribution in [3.05, 3.63) is 34.9 Å². The van der Waals surface area contributed by atoms with Gasteiger partial charge in [-0.25, -0.2) is 0 Å². The molecule has 1 aromatic carbocycles. The molecule has 0 unspecified atom stereocenters. The lowest BCUT2D eigenvalue weighted by Crippen LogP contribution is -2.54. The Bertz CT molecular complexity index is 489. The Morgan fingerprint density at radius 2 is 2.14 bits per heavy atom. The number of amides is 1. The van der Waals surface area contributed by atoms with Crippen LogP contribution in [0.5, 0.6) is 0 Å². The average molecular weight is 309 g/mol. The van der Waals surface area contributed by atoms with Crippen LogP contribution in [0.1, 0.15) is 32.8 Å². The van der Waals surface area contributed by atoms with E-state index in [1.807, 2.05) is 23.1 Å². The molecule has 0 radical (unpaired) electrons. The Labute approximate surface area is 132 Å². The van der Waals surface area contributed by atoms with Crippen LogP contribution in [0.15, 0.2) is 24.3 Å². The van der Waals surface area contributed by atoms with Crippen LogP contribution in [0, 0.1) is 5.92 Å². The molecule has 1 heterocycles. The van der Waals surface area contributed by atoms with Crippen molar-refractivity contribution in [2.75, 3.05) is 19.6 Å². The molecule has 116 valence electrons. The summed E-state index contributed by atoms with van der Waals surface area (Å²) in [7, 11) is 0. The molecule has 1 atom stereocenters. The van der Waals surface area contributed by atoms with Crippen molar-refractivity contribution < 1.29 is 4.79 Å². The first-order valence-electron chi connectivity index (χ1n) is 7.69. The van der Waals surface area contributed by atoms with Gasteiger partial charge in [0, 0.05) is 44.2 Å². The van der Waals surface area contributed by atoms with Gasteiger partial charge in [0.25, 0.3) is 0 Å². The van der Waals surface area contributed by atoms with Gasteiger partial charge in [-0.15, -0.1) is 0 Å². The van der Waals surface area contributed by atoms with E-state index < -0.39 is 0 Å². The summed E-state index contributed by atoms with van der Waals surface area (Å²) in [6.45, 7) is 9.65. The van der Waals surface area contributed by atoms with Crippen molar-refractivity contribution in [1.29, 1.82) is 0 Å². The van der Waals surface area contributed by atoms with Crippen molar-refractivity contribution in [2.45, 2.75) is 39.8 Å². The first-order valence-corrected chi connectivity index (χ1v) is 8.07. The molecule has 0 aliphatic carbocycles. The van der Waals surface area contributed by atoms with E-state index in [9.17, 15) is 4.79 Å². The van der Waals surface area contributed by atoms with Crippen LogP contribution >= 0.6 is 11.6 Å². The Morgan fingerprint density at radius 3 is 2.76 bits per heavy atom. The SMILES string of the molecule is CC(=O)N1CCN(Cc2cccc(Cl)c2)[C@H](CC(C)C)C1. The van der Waals surface area contributed by atoms with E-state index in [0.717, 1.165) is 37.6 Å². The third-order valence-electron chi connectivity index (χ3n) is 4.07. The van der Waals surface area contributed by atoms with E-state index in [-0.39, 0.29) is 5.91 Å².